The van der Waals surface area contributed by atoms with Crippen LogP contribution in [-0.2, 0) is 53.3 Å². The fraction of sp³-hybridized carbons (Fsp3) is 0.513. The lowest BCUT2D eigenvalue weighted by Gasteiger charge is -2.30. The molecule has 58 heavy (non-hydrogen) atoms. The van der Waals surface area contributed by atoms with Crippen LogP contribution in [-0.4, -0.2) is 84.0 Å². The van der Waals surface area contributed by atoms with Gasteiger partial charge in [-0.3, -0.25) is 24.0 Å². The van der Waals surface area contributed by atoms with Crippen LogP contribution in [0, 0.1) is 5.92 Å². The predicted octanol–water partition coefficient (Wildman–Crippen LogP) is 4.89. The monoisotopic (exact) mass is 832 g/mol. The molecule has 3 aliphatic heterocycles. The van der Waals surface area contributed by atoms with Gasteiger partial charge in [0.15, 0.2) is 0 Å². The van der Waals surface area contributed by atoms with Crippen LogP contribution in [0.15, 0.2) is 60.7 Å². The standard InChI is InChI=1S/C39H47F3N6O9S/c1-37(2,3)57-35(52)43-30-14-8-6-4-5-7-13-27-20-38(27,34(51)46-58(54,55)45-28-17-15-26(16-18-28)39(40,41)42)44-32(49)31-19-29(23-48(31)33(30)50)56-36(53)47-21-24-11-9-10-12-25(24)22-47/h7,9-13,15-18,27,29-31,45H,4-6,8,14,19-23H2,1-3H3,(H,43,52)(H,44,49)(H,46,51)/t27-,29-,30-,31+,38-/m1/s1. The van der Waals surface area contributed by atoms with E-state index in [-0.39, 0.29) is 31.5 Å². The molecule has 0 bridgehead atoms. The Morgan fingerprint density at radius 3 is 2.26 bits per heavy atom. The number of anilines is 1. The van der Waals surface area contributed by atoms with Crippen LogP contribution in [0.4, 0.5) is 28.4 Å². The first-order chi connectivity index (χ1) is 27.2. The highest BCUT2D eigenvalue weighted by molar-refractivity contribution is 7.91. The van der Waals surface area contributed by atoms with E-state index in [2.05, 4.69) is 10.6 Å². The molecule has 15 nitrogen and oxygen atoms in total. The molecule has 6 rings (SSSR count). The summed E-state index contributed by atoms with van der Waals surface area (Å²) in [6, 6.07) is 8.22. The zero-order valence-corrected chi connectivity index (χ0v) is 33.1. The normalized spacial score (nSPS) is 25.2. The first-order valence-electron chi connectivity index (χ1n) is 19.1. The van der Waals surface area contributed by atoms with Gasteiger partial charge in [-0.1, -0.05) is 49.3 Å². The van der Waals surface area contributed by atoms with E-state index >= 15 is 0 Å². The molecule has 4 N–H and O–H groups in total. The Balaban J connectivity index is 1.24. The molecule has 0 aromatic heterocycles. The highest BCUT2D eigenvalue weighted by Crippen LogP contribution is 2.46. The number of hydrogen-bond acceptors (Lipinski definition) is 9. The van der Waals surface area contributed by atoms with Crippen LogP contribution in [0.5, 0.6) is 0 Å². The molecule has 5 amide bonds. The minimum absolute atomic E-state index is 0.00566. The van der Waals surface area contributed by atoms with Crippen LogP contribution < -0.4 is 20.1 Å². The van der Waals surface area contributed by atoms with Gasteiger partial charge in [0.1, 0.15) is 29.3 Å². The summed E-state index contributed by atoms with van der Waals surface area (Å²) < 4.78 is 80.6. The van der Waals surface area contributed by atoms with Crippen molar-refractivity contribution in [2.75, 3.05) is 11.3 Å². The molecular weight excluding hydrogens is 786 g/mol. The smallest absolute Gasteiger partial charge is 0.416 e. The Bertz CT molecular complexity index is 2030. The second kappa shape index (κ2) is 16.5. The van der Waals surface area contributed by atoms with E-state index in [1.165, 1.54) is 9.80 Å². The van der Waals surface area contributed by atoms with Gasteiger partial charge in [0, 0.05) is 25.4 Å². The highest BCUT2D eigenvalue weighted by Gasteiger charge is 2.62. The molecule has 1 saturated heterocycles. The molecule has 3 heterocycles. The van der Waals surface area contributed by atoms with Crippen molar-refractivity contribution in [3.8, 4) is 0 Å². The van der Waals surface area contributed by atoms with Crippen molar-refractivity contribution in [1.29, 1.82) is 0 Å². The Labute approximate surface area is 334 Å². The maximum Gasteiger partial charge on any atom is 0.416 e. The number of carbonyl (C=O) groups is 5. The van der Waals surface area contributed by atoms with Crippen molar-refractivity contribution < 1.29 is 55.0 Å². The average Bonchev–Trinajstić information content (AvgIpc) is 3.43. The van der Waals surface area contributed by atoms with Gasteiger partial charge in [0.25, 0.3) is 5.91 Å². The summed E-state index contributed by atoms with van der Waals surface area (Å²) in [5.74, 6) is -3.23. The van der Waals surface area contributed by atoms with Crippen LogP contribution in [0.1, 0.15) is 82.4 Å². The molecule has 2 aromatic rings. The highest BCUT2D eigenvalue weighted by atomic mass is 32.2. The fourth-order valence-electron chi connectivity index (χ4n) is 7.42. The van der Waals surface area contributed by atoms with Crippen molar-refractivity contribution >= 4 is 45.8 Å². The number of hydrogen-bond donors (Lipinski definition) is 4. The zero-order valence-electron chi connectivity index (χ0n) is 32.3. The average molecular weight is 833 g/mol. The Morgan fingerprint density at radius 2 is 1.62 bits per heavy atom. The van der Waals surface area contributed by atoms with Gasteiger partial charge in [0.2, 0.25) is 11.8 Å². The molecule has 0 unspecified atom stereocenters. The van der Waals surface area contributed by atoms with Crippen molar-refractivity contribution in [3.63, 3.8) is 0 Å². The van der Waals surface area contributed by atoms with Crippen molar-refractivity contribution in [2.45, 2.75) is 114 Å². The number of ether oxygens (including phenoxy) is 2. The number of halogens is 3. The summed E-state index contributed by atoms with van der Waals surface area (Å²) in [7, 11) is -4.72. The number of amides is 5. The topological polar surface area (TPSA) is 193 Å². The van der Waals surface area contributed by atoms with Crippen LogP contribution >= 0.6 is 0 Å². The largest absolute Gasteiger partial charge is 0.444 e. The lowest BCUT2D eigenvalue weighted by molar-refractivity contribution is -0.141. The molecule has 314 valence electrons. The van der Waals surface area contributed by atoms with Gasteiger partial charge in [-0.05, 0) is 81.8 Å². The molecule has 2 fully saturated rings. The summed E-state index contributed by atoms with van der Waals surface area (Å²) in [6.07, 6.45) is -1.13. The van der Waals surface area contributed by atoms with Gasteiger partial charge in [0.05, 0.1) is 17.8 Å². The molecule has 0 spiro atoms. The zero-order chi connectivity index (χ0) is 42.0. The lowest BCUT2D eigenvalue weighted by Crippen LogP contribution is -2.58. The third-order valence-electron chi connectivity index (χ3n) is 10.4. The van der Waals surface area contributed by atoms with Crippen molar-refractivity contribution in [3.05, 3.63) is 77.4 Å². The second-order valence-electron chi connectivity index (χ2n) is 16.0. The van der Waals surface area contributed by atoms with Crippen LogP contribution in [0.3, 0.4) is 0 Å². The summed E-state index contributed by atoms with van der Waals surface area (Å²) in [5, 5.41) is 5.34. The van der Waals surface area contributed by atoms with E-state index in [4.69, 9.17) is 9.47 Å². The number of rotatable bonds is 6. The van der Waals surface area contributed by atoms with E-state index < -0.39 is 87.1 Å². The summed E-state index contributed by atoms with van der Waals surface area (Å²) in [4.78, 5) is 71.6. The van der Waals surface area contributed by atoms with Crippen LogP contribution in [0.25, 0.3) is 0 Å². The van der Waals surface area contributed by atoms with Crippen LogP contribution in [0.2, 0.25) is 0 Å². The Kier molecular flexibility index (Phi) is 12.0. The first-order valence-corrected chi connectivity index (χ1v) is 20.5. The number of nitrogens with one attached hydrogen (secondary N) is 4. The summed E-state index contributed by atoms with van der Waals surface area (Å²) >= 11 is 0. The Morgan fingerprint density at radius 1 is 0.948 bits per heavy atom. The van der Waals surface area contributed by atoms with E-state index in [9.17, 15) is 45.6 Å². The fourth-order valence-corrected chi connectivity index (χ4v) is 8.34. The van der Waals surface area contributed by atoms with Gasteiger partial charge in [-0.2, -0.15) is 21.6 Å². The van der Waals surface area contributed by atoms with Crippen molar-refractivity contribution in [1.82, 2.24) is 25.2 Å². The van der Waals surface area contributed by atoms with Gasteiger partial charge in [-0.15, -0.1) is 0 Å². The minimum atomic E-state index is -4.72. The van der Waals surface area contributed by atoms with Crippen molar-refractivity contribution in [2.24, 2.45) is 5.92 Å². The van der Waals surface area contributed by atoms with E-state index in [0.29, 0.717) is 50.9 Å². The number of alkyl carbamates (subject to hydrolysis) is 1. The molecule has 4 aliphatic rings. The molecule has 1 aliphatic carbocycles. The molecular formula is C39H47F3N6O9S. The number of carbonyl (C=O) groups excluding carboxylic acids is 5. The molecule has 1 saturated carbocycles. The number of nitrogens with zero attached hydrogens (tertiary/aromatic N) is 2. The number of fused-ring (bicyclic) bond motifs is 3. The first kappa shape index (κ1) is 42.3. The molecule has 0 radical (unpaired) electrons. The summed E-state index contributed by atoms with van der Waals surface area (Å²) in [5.41, 5.74) is -2.01. The molecule has 2 aromatic carbocycles. The maximum atomic E-state index is 14.4. The Hall–Kier alpha value is -5.33. The van der Waals surface area contributed by atoms with E-state index in [1.54, 1.807) is 26.8 Å². The third-order valence-corrected chi connectivity index (χ3v) is 11.4. The molecule has 5 atom stereocenters. The number of allylic oxidation sites excluding steroid dienone is 1. The van der Waals surface area contributed by atoms with Gasteiger partial charge in [-0.25, -0.2) is 14.3 Å². The van der Waals surface area contributed by atoms with Gasteiger partial charge < -0.3 is 25.0 Å². The second-order valence-corrected chi connectivity index (χ2v) is 17.4. The van der Waals surface area contributed by atoms with E-state index in [0.717, 1.165) is 23.3 Å². The lowest BCUT2D eigenvalue weighted by atomic mass is 10.0. The molecule has 19 heteroatoms. The quantitative estimate of drug-likeness (QED) is 0.294. The number of benzene rings is 2. The minimum Gasteiger partial charge on any atom is -0.444 e. The SMILES string of the molecule is CC(C)(C)OC(=O)N[C@@H]1CCCCCC=C[C@@H]2C[C@@]2(C(=O)NS(=O)(=O)Nc2ccc(C(F)(F)F)cc2)NC(=O)[C@@H]2C[C@@H](OC(=O)N3Cc4ccccc4C3)CN2C1=O. The van der Waals surface area contributed by atoms with E-state index in [1.807, 2.05) is 39.8 Å². The third kappa shape index (κ3) is 10.2. The maximum absolute atomic E-state index is 14.4. The summed E-state index contributed by atoms with van der Waals surface area (Å²) in [6.45, 7) is 5.40. The van der Waals surface area contributed by atoms with Gasteiger partial charge >= 0.3 is 28.6 Å². The number of alkyl halides is 3. The predicted molar refractivity (Wildman–Crippen MR) is 203 cm³/mol.